The number of piperazine rings is 1. The number of nitrogens with one attached hydrogen (secondary N) is 2. The summed E-state index contributed by atoms with van der Waals surface area (Å²) in [5.74, 6) is 1.77. The molecule has 1 aromatic carbocycles. The van der Waals surface area contributed by atoms with E-state index in [4.69, 9.17) is 5.10 Å². The summed E-state index contributed by atoms with van der Waals surface area (Å²) < 4.78 is 15.8. The van der Waals surface area contributed by atoms with E-state index in [2.05, 4.69) is 30.5 Å². The predicted octanol–water partition coefficient (Wildman–Crippen LogP) is 2.64. The zero-order chi connectivity index (χ0) is 20.1. The largest absolute Gasteiger partial charge is 0.351 e. The Bertz CT molecular complexity index is 1220. The molecule has 4 aromatic rings. The van der Waals surface area contributed by atoms with Crippen molar-refractivity contribution >= 4 is 28.4 Å². The van der Waals surface area contributed by atoms with E-state index in [0.717, 1.165) is 36.4 Å². The number of pyridine rings is 1. The molecule has 0 radical (unpaired) electrons. The van der Waals surface area contributed by atoms with Gasteiger partial charge in [0.2, 0.25) is 0 Å². The lowest BCUT2D eigenvalue weighted by Crippen LogP contribution is -2.44. The third-order valence-corrected chi connectivity index (χ3v) is 5.78. The third-order valence-electron chi connectivity index (χ3n) is 5.78. The first-order valence-electron chi connectivity index (χ1n) is 9.92. The second-order valence-electron chi connectivity index (χ2n) is 7.66. The van der Waals surface area contributed by atoms with Crippen molar-refractivity contribution in [2.75, 3.05) is 23.3 Å². The molecule has 2 saturated heterocycles. The molecular weight excluding hydrogens is 383 g/mol. The van der Waals surface area contributed by atoms with Gasteiger partial charge >= 0.3 is 0 Å². The van der Waals surface area contributed by atoms with Crippen molar-refractivity contribution in [2.24, 2.45) is 0 Å². The maximum atomic E-state index is 14.1. The van der Waals surface area contributed by atoms with E-state index in [-0.39, 0.29) is 5.82 Å². The van der Waals surface area contributed by atoms with Crippen LogP contribution in [0, 0.1) is 5.82 Å². The molecule has 2 atom stereocenters. The molecule has 8 nitrogen and oxygen atoms in total. The Morgan fingerprint density at radius 1 is 1.10 bits per heavy atom. The van der Waals surface area contributed by atoms with Gasteiger partial charge in [0.05, 0.1) is 17.4 Å². The van der Waals surface area contributed by atoms with Crippen molar-refractivity contribution in [3.05, 3.63) is 60.9 Å². The SMILES string of the molecule is Fc1ccc2c(Nc3cnccn3)nn(-c3ccnc(N4C[C@@H]5C[C@H]4CN5)c3)c2c1. The van der Waals surface area contributed by atoms with E-state index in [0.29, 0.717) is 29.2 Å². The molecule has 2 N–H and O–H groups in total. The number of rotatable bonds is 4. The van der Waals surface area contributed by atoms with Crippen molar-refractivity contribution < 1.29 is 4.39 Å². The van der Waals surface area contributed by atoms with Crippen LogP contribution in [0.1, 0.15) is 6.42 Å². The van der Waals surface area contributed by atoms with Crippen LogP contribution in [0.25, 0.3) is 16.6 Å². The minimum Gasteiger partial charge on any atom is -0.351 e. The molecule has 3 aromatic heterocycles. The summed E-state index contributed by atoms with van der Waals surface area (Å²) in [6.07, 6.45) is 7.77. The summed E-state index contributed by atoms with van der Waals surface area (Å²) in [5, 5.41) is 12.2. The first kappa shape index (κ1) is 17.3. The van der Waals surface area contributed by atoms with Crippen LogP contribution in [0.5, 0.6) is 0 Å². The minimum atomic E-state index is -0.313. The predicted molar refractivity (Wildman–Crippen MR) is 112 cm³/mol. The molecular formula is C21H19FN8. The van der Waals surface area contributed by atoms with E-state index < -0.39 is 0 Å². The van der Waals surface area contributed by atoms with Gasteiger partial charge in [0, 0.05) is 61.3 Å². The van der Waals surface area contributed by atoms with Gasteiger partial charge < -0.3 is 15.5 Å². The van der Waals surface area contributed by atoms with E-state index in [1.54, 1.807) is 35.5 Å². The third kappa shape index (κ3) is 2.86. The lowest BCUT2D eigenvalue weighted by atomic mass is 10.2. The number of aromatic nitrogens is 5. The van der Waals surface area contributed by atoms with Gasteiger partial charge in [-0.25, -0.2) is 19.0 Å². The first-order chi connectivity index (χ1) is 14.7. The molecule has 2 fully saturated rings. The molecule has 0 aliphatic carbocycles. The van der Waals surface area contributed by atoms with E-state index in [1.807, 2.05) is 12.1 Å². The number of anilines is 3. The van der Waals surface area contributed by atoms with Crippen LogP contribution in [-0.4, -0.2) is 49.9 Å². The smallest absolute Gasteiger partial charge is 0.162 e. The Morgan fingerprint density at radius 3 is 2.87 bits per heavy atom. The highest BCUT2D eigenvalue weighted by molar-refractivity contribution is 5.92. The van der Waals surface area contributed by atoms with Crippen molar-refractivity contribution in [1.82, 2.24) is 30.0 Å². The molecule has 0 spiro atoms. The molecule has 5 heterocycles. The molecule has 2 bridgehead atoms. The Balaban J connectivity index is 1.43. The van der Waals surface area contributed by atoms with Crippen LogP contribution >= 0.6 is 0 Å². The fourth-order valence-corrected chi connectivity index (χ4v) is 4.40. The van der Waals surface area contributed by atoms with Crippen LogP contribution in [0.2, 0.25) is 0 Å². The molecule has 150 valence electrons. The maximum absolute atomic E-state index is 14.1. The van der Waals surface area contributed by atoms with Crippen LogP contribution in [0.3, 0.4) is 0 Å². The van der Waals surface area contributed by atoms with Crippen molar-refractivity contribution in [1.29, 1.82) is 0 Å². The van der Waals surface area contributed by atoms with Gasteiger partial charge in [-0.1, -0.05) is 0 Å². The minimum absolute atomic E-state index is 0.313. The van der Waals surface area contributed by atoms with Crippen LogP contribution < -0.4 is 15.5 Å². The highest BCUT2D eigenvalue weighted by Crippen LogP contribution is 2.31. The second-order valence-corrected chi connectivity index (χ2v) is 7.66. The standard InChI is InChI=1S/C21H19FN8/c22-13-1-2-17-18(7-13)30(28-21(17)27-19-11-23-5-6-24-19)15-3-4-25-20(9-15)29-12-14-8-16(29)10-26-14/h1-7,9,11,14,16,26H,8,10,12H2,(H,24,27,28)/t14-,16-/m0/s1. The number of hydrogen-bond donors (Lipinski definition) is 2. The summed E-state index contributed by atoms with van der Waals surface area (Å²) in [6.45, 7) is 1.94. The van der Waals surface area contributed by atoms with Crippen molar-refractivity contribution in [2.45, 2.75) is 18.5 Å². The number of fused-ring (bicyclic) bond motifs is 3. The lowest BCUT2D eigenvalue weighted by molar-refractivity contribution is 0.576. The molecule has 2 aliphatic rings. The topological polar surface area (TPSA) is 83.8 Å². The van der Waals surface area contributed by atoms with Gasteiger partial charge in [-0.05, 0) is 24.6 Å². The molecule has 0 amide bonds. The van der Waals surface area contributed by atoms with E-state index in [1.165, 1.54) is 12.1 Å². The Morgan fingerprint density at radius 2 is 2.07 bits per heavy atom. The van der Waals surface area contributed by atoms with Gasteiger partial charge in [-0.15, -0.1) is 5.10 Å². The summed E-state index contributed by atoms with van der Waals surface area (Å²) in [5.41, 5.74) is 1.50. The fraction of sp³-hybridized carbons (Fsp3) is 0.238. The van der Waals surface area contributed by atoms with Crippen LogP contribution in [0.15, 0.2) is 55.1 Å². The molecule has 0 unspecified atom stereocenters. The van der Waals surface area contributed by atoms with Gasteiger partial charge in [-0.2, -0.15) is 0 Å². The summed E-state index contributed by atoms with van der Waals surface area (Å²) in [4.78, 5) is 15.3. The lowest BCUT2D eigenvalue weighted by Gasteiger charge is -2.28. The number of hydrogen-bond acceptors (Lipinski definition) is 7. The van der Waals surface area contributed by atoms with E-state index in [9.17, 15) is 4.39 Å². The number of benzene rings is 1. The fourth-order valence-electron chi connectivity index (χ4n) is 4.40. The highest BCUT2D eigenvalue weighted by Gasteiger charge is 2.38. The van der Waals surface area contributed by atoms with Crippen molar-refractivity contribution in [3.63, 3.8) is 0 Å². The maximum Gasteiger partial charge on any atom is 0.162 e. The van der Waals surface area contributed by atoms with Gasteiger partial charge in [0.1, 0.15) is 17.5 Å². The average molecular weight is 402 g/mol. The Labute approximate surface area is 171 Å². The zero-order valence-electron chi connectivity index (χ0n) is 16.0. The number of halogens is 1. The molecule has 6 rings (SSSR count). The molecule has 30 heavy (non-hydrogen) atoms. The monoisotopic (exact) mass is 402 g/mol. The van der Waals surface area contributed by atoms with E-state index >= 15 is 0 Å². The Kier molecular flexibility index (Phi) is 3.88. The molecule has 0 saturated carbocycles. The van der Waals surface area contributed by atoms with Gasteiger partial charge in [0.25, 0.3) is 0 Å². The van der Waals surface area contributed by atoms with Gasteiger partial charge in [0.15, 0.2) is 5.82 Å². The zero-order valence-corrected chi connectivity index (χ0v) is 16.0. The summed E-state index contributed by atoms with van der Waals surface area (Å²) >= 11 is 0. The second kappa shape index (κ2) is 6.74. The summed E-state index contributed by atoms with van der Waals surface area (Å²) in [7, 11) is 0. The quantitative estimate of drug-likeness (QED) is 0.543. The van der Waals surface area contributed by atoms with Crippen LogP contribution in [0.4, 0.5) is 21.8 Å². The molecule has 2 aliphatic heterocycles. The highest BCUT2D eigenvalue weighted by atomic mass is 19.1. The molecule has 9 heteroatoms. The van der Waals surface area contributed by atoms with Gasteiger partial charge in [-0.3, -0.25) is 4.98 Å². The number of nitrogens with zero attached hydrogens (tertiary/aromatic N) is 6. The van der Waals surface area contributed by atoms with Crippen LogP contribution in [-0.2, 0) is 0 Å². The first-order valence-corrected chi connectivity index (χ1v) is 9.92. The normalized spacial score (nSPS) is 20.2. The Hall–Kier alpha value is -3.59. The average Bonchev–Trinajstić information content (AvgIpc) is 3.49. The van der Waals surface area contributed by atoms with Crippen molar-refractivity contribution in [3.8, 4) is 5.69 Å². The summed E-state index contributed by atoms with van der Waals surface area (Å²) in [6, 6.07) is 9.55.